The van der Waals surface area contributed by atoms with Gasteiger partial charge in [-0.15, -0.1) is 0 Å². The van der Waals surface area contributed by atoms with Crippen LogP contribution in [0, 0.1) is 0 Å². The Morgan fingerprint density at radius 3 is 0.974 bits per heavy atom. The molecule has 406 valence electrons. The highest BCUT2D eigenvalue weighted by atomic mass is 16.5. The van der Waals surface area contributed by atoms with Gasteiger partial charge in [0, 0.05) is 6.07 Å². The first kappa shape index (κ1) is 58.8. The first-order valence-electron chi connectivity index (χ1n) is 28.2. The Bertz CT molecular complexity index is 2690. The van der Waals surface area contributed by atoms with Crippen molar-refractivity contribution in [3.63, 3.8) is 0 Å². The van der Waals surface area contributed by atoms with Crippen LogP contribution in [-0.2, 0) is 0 Å². The number of carbonyl (C=O) groups excluding carboxylic acids is 3. The highest BCUT2D eigenvalue weighted by Gasteiger charge is 2.14. The van der Waals surface area contributed by atoms with Crippen LogP contribution in [0.15, 0.2) is 166 Å². The predicted molar refractivity (Wildman–Crippen MR) is 306 cm³/mol. The van der Waals surface area contributed by atoms with Crippen LogP contribution in [0.3, 0.4) is 0 Å². The van der Waals surface area contributed by atoms with Gasteiger partial charge in [0.15, 0.2) is 0 Å². The van der Waals surface area contributed by atoms with Crippen molar-refractivity contribution in [2.45, 2.75) is 155 Å². The molecular weight excluding hydrogens is 965 g/mol. The molecule has 0 aliphatic heterocycles. The molecular formula is C65H78N4O8. The molecule has 12 nitrogen and oxygen atoms in total. The summed E-state index contributed by atoms with van der Waals surface area (Å²) in [5.74, 6) is 0.785. The summed E-state index contributed by atoms with van der Waals surface area (Å²) in [5, 5.41) is 17.2. The van der Waals surface area contributed by atoms with Crippen molar-refractivity contribution in [3.8, 4) is 28.7 Å². The van der Waals surface area contributed by atoms with E-state index < -0.39 is 17.9 Å². The van der Waals surface area contributed by atoms with Crippen LogP contribution in [0.2, 0.25) is 0 Å². The van der Waals surface area contributed by atoms with Gasteiger partial charge in [-0.1, -0.05) is 148 Å². The number of nitrogens with zero attached hydrogens (tertiary/aromatic N) is 4. The van der Waals surface area contributed by atoms with Gasteiger partial charge in [-0.2, -0.15) is 20.5 Å². The monoisotopic (exact) mass is 1040 g/mol. The summed E-state index contributed by atoms with van der Waals surface area (Å²) < 4.78 is 28.6. The maximum absolute atomic E-state index is 13.0. The Morgan fingerprint density at radius 1 is 0.299 bits per heavy atom. The van der Waals surface area contributed by atoms with Gasteiger partial charge < -0.3 is 23.7 Å². The molecule has 0 amide bonds. The second-order valence-electron chi connectivity index (χ2n) is 19.4. The summed E-state index contributed by atoms with van der Waals surface area (Å²) in [4.78, 5) is 38.8. The van der Waals surface area contributed by atoms with E-state index in [2.05, 4.69) is 34.3 Å². The summed E-state index contributed by atoms with van der Waals surface area (Å²) in [6, 6.07) is 40.5. The summed E-state index contributed by atoms with van der Waals surface area (Å²) in [6.07, 6.45) is 28.5. The average molecular weight is 1040 g/mol. The predicted octanol–water partition coefficient (Wildman–Crippen LogP) is 19.6. The first-order chi connectivity index (χ1) is 37.8. The number of ether oxygens (including phenoxy) is 5. The zero-order valence-electron chi connectivity index (χ0n) is 45.4. The Kier molecular flexibility index (Phi) is 26.7. The number of azo groups is 2. The van der Waals surface area contributed by atoms with E-state index in [4.69, 9.17) is 23.7 Å². The molecule has 0 saturated heterocycles. The first-order valence-corrected chi connectivity index (χ1v) is 28.2. The molecule has 0 bridgehead atoms. The summed E-state index contributed by atoms with van der Waals surface area (Å²) in [7, 11) is 0. The van der Waals surface area contributed by atoms with Crippen molar-refractivity contribution in [1.29, 1.82) is 0 Å². The van der Waals surface area contributed by atoms with E-state index in [1.165, 1.54) is 134 Å². The van der Waals surface area contributed by atoms with E-state index >= 15 is 0 Å². The minimum Gasteiger partial charge on any atom is -0.494 e. The molecule has 0 fully saturated rings. The molecule has 0 aromatic heterocycles. The summed E-state index contributed by atoms with van der Waals surface area (Å²) >= 11 is 0. The summed E-state index contributed by atoms with van der Waals surface area (Å²) in [5.41, 5.74) is 3.27. The number of hydrogen-bond acceptors (Lipinski definition) is 12. The number of rotatable bonds is 36. The molecule has 0 N–H and O–H groups in total. The van der Waals surface area contributed by atoms with Crippen molar-refractivity contribution in [2.24, 2.45) is 20.5 Å². The van der Waals surface area contributed by atoms with Crippen LogP contribution in [0.25, 0.3) is 0 Å². The van der Waals surface area contributed by atoms with Gasteiger partial charge >= 0.3 is 17.9 Å². The van der Waals surface area contributed by atoms with E-state index in [9.17, 15) is 14.4 Å². The lowest BCUT2D eigenvalue weighted by Gasteiger charge is -2.08. The normalized spacial score (nSPS) is 11.2. The fourth-order valence-electron chi connectivity index (χ4n) is 8.45. The molecule has 6 aromatic carbocycles. The summed E-state index contributed by atoms with van der Waals surface area (Å²) in [6.45, 7) is 5.87. The van der Waals surface area contributed by atoms with E-state index in [1.807, 2.05) is 24.3 Å². The van der Waals surface area contributed by atoms with E-state index in [1.54, 1.807) is 109 Å². The SMILES string of the molecule is CCCCCCCCCCCCCCOc1ccc(N=Nc2ccc(C(=O)Oc3ccc(N=Nc4cccc(OC(=O)c5ccc(OC(=O)c6ccc(OCCCCCCCCCCCC)cc6)cc5)c4)cc3)cc2)cc1. The van der Waals surface area contributed by atoms with Gasteiger partial charge in [-0.25, -0.2) is 14.4 Å². The van der Waals surface area contributed by atoms with Crippen molar-refractivity contribution in [3.05, 3.63) is 162 Å². The maximum atomic E-state index is 13.0. The molecule has 0 atom stereocenters. The standard InChI is InChI=1S/C65H78N4O8/c1-3-5-7-9-11-13-15-16-18-20-22-24-49-74-59-44-36-55(37-45-59)67-66-54-34-28-51(29-35-54)63(70)76-61-46-38-56(39-47-61)68-69-57-26-25-27-62(50-57)77-65(72)53-32-42-60(43-33-53)75-64(71)52-30-40-58(41-31-52)73-48-23-21-19-17-14-12-10-8-6-4-2/h25-47,50H,3-24,48-49H2,1-2H3. The Morgan fingerprint density at radius 2 is 0.584 bits per heavy atom. The van der Waals surface area contributed by atoms with Crippen molar-refractivity contribution >= 4 is 40.7 Å². The Balaban J connectivity index is 0.848. The van der Waals surface area contributed by atoms with Gasteiger partial charge in [-0.3, -0.25) is 0 Å². The minimum atomic E-state index is -0.598. The molecule has 0 radical (unpaired) electrons. The van der Waals surface area contributed by atoms with Crippen LogP contribution in [-0.4, -0.2) is 31.1 Å². The molecule has 77 heavy (non-hydrogen) atoms. The Labute approximate surface area is 456 Å². The smallest absolute Gasteiger partial charge is 0.343 e. The third-order valence-corrected chi connectivity index (χ3v) is 13.0. The molecule has 6 rings (SSSR count). The van der Waals surface area contributed by atoms with Crippen LogP contribution >= 0.6 is 0 Å². The Hall–Kier alpha value is -7.47. The third kappa shape index (κ3) is 23.1. The lowest BCUT2D eigenvalue weighted by Crippen LogP contribution is -2.10. The van der Waals surface area contributed by atoms with E-state index in [0.717, 1.165) is 25.0 Å². The fraction of sp³-hybridized carbons (Fsp3) is 0.400. The minimum absolute atomic E-state index is 0.267. The lowest BCUT2D eigenvalue weighted by atomic mass is 10.1. The van der Waals surface area contributed by atoms with Crippen LogP contribution in [0.4, 0.5) is 22.7 Å². The average Bonchev–Trinajstić information content (AvgIpc) is 3.46. The van der Waals surface area contributed by atoms with Crippen LogP contribution in [0.1, 0.15) is 186 Å². The van der Waals surface area contributed by atoms with E-state index in [-0.39, 0.29) is 17.1 Å². The van der Waals surface area contributed by atoms with Crippen molar-refractivity contribution in [2.75, 3.05) is 13.2 Å². The van der Waals surface area contributed by atoms with Gasteiger partial charge in [-0.05, 0) is 146 Å². The molecule has 0 saturated carbocycles. The molecule has 6 aromatic rings. The molecule has 12 heteroatoms. The van der Waals surface area contributed by atoms with Gasteiger partial charge in [0.25, 0.3) is 0 Å². The number of benzene rings is 6. The highest BCUT2D eigenvalue weighted by Crippen LogP contribution is 2.27. The fourth-order valence-corrected chi connectivity index (χ4v) is 8.45. The molecule has 0 aliphatic carbocycles. The topological polar surface area (TPSA) is 147 Å². The molecule has 0 unspecified atom stereocenters. The zero-order chi connectivity index (χ0) is 54.0. The van der Waals surface area contributed by atoms with Crippen molar-refractivity contribution < 1.29 is 38.1 Å². The maximum Gasteiger partial charge on any atom is 0.343 e. The van der Waals surface area contributed by atoms with Gasteiger partial charge in [0.1, 0.15) is 28.7 Å². The zero-order valence-corrected chi connectivity index (χ0v) is 45.4. The lowest BCUT2D eigenvalue weighted by molar-refractivity contribution is 0.0723. The number of unbranched alkanes of at least 4 members (excludes halogenated alkanes) is 20. The molecule has 0 aliphatic rings. The van der Waals surface area contributed by atoms with Gasteiger partial charge in [0.05, 0.1) is 52.7 Å². The largest absolute Gasteiger partial charge is 0.494 e. The second kappa shape index (κ2) is 35.0. The van der Waals surface area contributed by atoms with E-state index in [0.29, 0.717) is 58.6 Å². The van der Waals surface area contributed by atoms with Crippen LogP contribution in [0.5, 0.6) is 28.7 Å². The number of carbonyl (C=O) groups is 3. The van der Waals surface area contributed by atoms with Crippen molar-refractivity contribution in [1.82, 2.24) is 0 Å². The highest BCUT2D eigenvalue weighted by molar-refractivity contribution is 5.93. The second-order valence-corrected chi connectivity index (χ2v) is 19.4. The third-order valence-electron chi connectivity index (χ3n) is 13.0. The van der Waals surface area contributed by atoms with Gasteiger partial charge in [0.2, 0.25) is 0 Å². The molecule has 0 heterocycles. The quantitative estimate of drug-likeness (QED) is 0.0164. The number of esters is 3. The number of hydrogen-bond donors (Lipinski definition) is 0. The molecule has 0 spiro atoms. The van der Waals surface area contributed by atoms with Crippen LogP contribution < -0.4 is 23.7 Å².